The fourth-order valence-corrected chi connectivity index (χ4v) is 1.79. The Bertz CT molecular complexity index is 632. The molecule has 1 amide bonds. The van der Waals surface area contributed by atoms with E-state index >= 15 is 0 Å². The van der Waals surface area contributed by atoms with Gasteiger partial charge in [-0.05, 0) is 26.2 Å². The van der Waals surface area contributed by atoms with Gasteiger partial charge in [-0.2, -0.15) is 10.5 Å². The third kappa shape index (κ3) is 5.73. The molecule has 0 aliphatic heterocycles. The summed E-state index contributed by atoms with van der Waals surface area (Å²) < 4.78 is 5.45. The summed E-state index contributed by atoms with van der Waals surface area (Å²) in [6.07, 6.45) is 0. The molecule has 1 aromatic rings. The summed E-state index contributed by atoms with van der Waals surface area (Å²) in [7, 11) is 5.43. The molecule has 122 valence electrons. The lowest BCUT2D eigenvalue weighted by Gasteiger charge is -2.10. The van der Waals surface area contributed by atoms with Crippen LogP contribution in [0.2, 0.25) is 0 Å². The highest BCUT2D eigenvalue weighted by Gasteiger charge is 2.11. The van der Waals surface area contributed by atoms with Crippen LogP contribution in [0.4, 0.5) is 0 Å². The number of rotatable bonds is 8. The van der Waals surface area contributed by atoms with Gasteiger partial charge in [0.15, 0.2) is 11.3 Å². The number of furan rings is 1. The maximum absolute atomic E-state index is 11.9. The summed E-state index contributed by atoms with van der Waals surface area (Å²) in [6.45, 7) is 1.30. The number of nitrogens with zero attached hydrogens (tertiary/aromatic N) is 3. The van der Waals surface area contributed by atoms with Crippen LogP contribution in [0.3, 0.4) is 0 Å². The molecular formula is C15H20N6O2. The van der Waals surface area contributed by atoms with E-state index in [-0.39, 0.29) is 17.2 Å². The van der Waals surface area contributed by atoms with Crippen LogP contribution in [0.25, 0.3) is 0 Å². The van der Waals surface area contributed by atoms with Crippen LogP contribution in [-0.2, 0) is 6.54 Å². The van der Waals surface area contributed by atoms with E-state index in [9.17, 15) is 4.79 Å². The van der Waals surface area contributed by atoms with Crippen molar-refractivity contribution in [2.75, 3.05) is 34.2 Å². The minimum atomic E-state index is -0.312. The van der Waals surface area contributed by atoms with Crippen LogP contribution in [0.5, 0.6) is 0 Å². The highest BCUT2D eigenvalue weighted by Crippen LogP contribution is 2.09. The number of allylic oxidation sites excluding steroid dienone is 1. The number of carbonyl (C=O) groups excluding carboxylic acids is 1. The van der Waals surface area contributed by atoms with Crippen molar-refractivity contribution in [2.45, 2.75) is 6.54 Å². The molecule has 0 unspecified atom stereocenters. The largest absolute Gasteiger partial charge is 0.455 e. The number of hydrogen-bond donors (Lipinski definition) is 3. The van der Waals surface area contributed by atoms with Gasteiger partial charge in [0.25, 0.3) is 5.91 Å². The third-order valence-corrected chi connectivity index (χ3v) is 2.79. The van der Waals surface area contributed by atoms with Crippen LogP contribution >= 0.6 is 0 Å². The van der Waals surface area contributed by atoms with E-state index in [1.54, 1.807) is 31.3 Å². The zero-order chi connectivity index (χ0) is 17.2. The molecule has 23 heavy (non-hydrogen) atoms. The van der Waals surface area contributed by atoms with Gasteiger partial charge in [0.2, 0.25) is 0 Å². The molecule has 3 N–H and O–H groups in total. The molecule has 0 saturated heterocycles. The lowest BCUT2D eigenvalue weighted by atomic mass is 10.3. The Kier molecular flexibility index (Phi) is 7.18. The Balaban J connectivity index is 2.46. The average Bonchev–Trinajstić information content (AvgIpc) is 2.98. The maximum Gasteiger partial charge on any atom is 0.287 e. The Morgan fingerprint density at radius 2 is 1.87 bits per heavy atom. The quantitative estimate of drug-likeness (QED) is 0.461. The normalized spacial score (nSPS) is 9.65. The summed E-state index contributed by atoms with van der Waals surface area (Å²) in [4.78, 5) is 13.9. The van der Waals surface area contributed by atoms with Crippen molar-refractivity contribution in [2.24, 2.45) is 0 Å². The van der Waals surface area contributed by atoms with Crippen LogP contribution in [0, 0.1) is 22.7 Å². The van der Waals surface area contributed by atoms with Crippen LogP contribution < -0.4 is 16.0 Å². The van der Waals surface area contributed by atoms with Crippen molar-refractivity contribution in [1.82, 2.24) is 20.9 Å². The van der Waals surface area contributed by atoms with Crippen molar-refractivity contribution in [3.63, 3.8) is 0 Å². The molecule has 1 aromatic heterocycles. The van der Waals surface area contributed by atoms with Crippen molar-refractivity contribution < 1.29 is 9.21 Å². The number of hydrogen-bond acceptors (Lipinski definition) is 7. The van der Waals surface area contributed by atoms with Gasteiger partial charge in [-0.3, -0.25) is 4.79 Å². The minimum absolute atomic E-state index is 0.0433. The van der Waals surface area contributed by atoms with E-state index in [1.807, 2.05) is 19.0 Å². The number of carbonyl (C=O) groups is 1. The van der Waals surface area contributed by atoms with Crippen molar-refractivity contribution in [1.29, 1.82) is 10.5 Å². The molecule has 0 aliphatic rings. The standard InChI is InChI=1S/C15H20N6O2/c1-18-14(11(8-16)9-17)19-6-7-20-15(22)13-5-4-12(23-13)10-21(2)3/h4-5,18-19H,6-7,10H2,1-3H3,(H,20,22). The van der Waals surface area contributed by atoms with Gasteiger partial charge in [-0.1, -0.05) is 0 Å². The smallest absolute Gasteiger partial charge is 0.287 e. The topological polar surface area (TPSA) is 117 Å². The van der Waals surface area contributed by atoms with Gasteiger partial charge in [-0.15, -0.1) is 0 Å². The molecule has 0 aliphatic carbocycles. The molecule has 0 fully saturated rings. The van der Waals surface area contributed by atoms with Gasteiger partial charge >= 0.3 is 0 Å². The molecular weight excluding hydrogens is 296 g/mol. The minimum Gasteiger partial charge on any atom is -0.455 e. The lowest BCUT2D eigenvalue weighted by molar-refractivity contribution is 0.0923. The highest BCUT2D eigenvalue weighted by atomic mass is 16.4. The molecule has 0 radical (unpaired) electrons. The molecule has 0 saturated carbocycles. The molecule has 0 aromatic carbocycles. The summed E-state index contributed by atoms with van der Waals surface area (Å²) in [5.74, 6) is 0.982. The second-order valence-corrected chi connectivity index (χ2v) is 4.91. The Hall–Kier alpha value is -2.97. The predicted octanol–water partition coefficient (Wildman–Crippen LogP) is 0.139. The fourth-order valence-electron chi connectivity index (χ4n) is 1.79. The van der Waals surface area contributed by atoms with Gasteiger partial charge in [0, 0.05) is 20.1 Å². The average molecular weight is 316 g/mol. The van der Waals surface area contributed by atoms with Crippen molar-refractivity contribution in [3.05, 3.63) is 35.0 Å². The van der Waals surface area contributed by atoms with E-state index < -0.39 is 0 Å². The van der Waals surface area contributed by atoms with Gasteiger partial charge in [-0.25, -0.2) is 0 Å². The summed E-state index contributed by atoms with van der Waals surface area (Å²) in [5.41, 5.74) is -0.0433. The zero-order valence-electron chi connectivity index (χ0n) is 13.4. The SMILES string of the molecule is CNC(NCCNC(=O)c1ccc(CN(C)C)o1)=C(C#N)C#N. The summed E-state index contributed by atoms with van der Waals surface area (Å²) in [5, 5.41) is 25.9. The molecule has 0 atom stereocenters. The number of amides is 1. The predicted molar refractivity (Wildman–Crippen MR) is 83.7 cm³/mol. The first-order chi connectivity index (χ1) is 11.0. The first-order valence-electron chi connectivity index (χ1n) is 6.99. The summed E-state index contributed by atoms with van der Waals surface area (Å²) in [6, 6.07) is 6.96. The van der Waals surface area contributed by atoms with E-state index in [1.165, 1.54) is 0 Å². The summed E-state index contributed by atoms with van der Waals surface area (Å²) >= 11 is 0. The van der Waals surface area contributed by atoms with Gasteiger partial charge in [0.05, 0.1) is 6.54 Å². The van der Waals surface area contributed by atoms with Gasteiger partial charge in [0.1, 0.15) is 23.7 Å². The van der Waals surface area contributed by atoms with Crippen LogP contribution in [-0.4, -0.2) is 45.0 Å². The second kappa shape index (κ2) is 9.13. The Morgan fingerprint density at radius 3 is 2.43 bits per heavy atom. The van der Waals surface area contributed by atoms with Gasteiger partial charge < -0.3 is 25.3 Å². The van der Waals surface area contributed by atoms with E-state index in [2.05, 4.69) is 16.0 Å². The molecule has 8 heteroatoms. The first kappa shape index (κ1) is 18.1. The molecule has 1 heterocycles. The molecule has 0 bridgehead atoms. The molecule has 1 rings (SSSR count). The van der Waals surface area contributed by atoms with Crippen molar-refractivity contribution >= 4 is 5.91 Å². The number of nitriles is 2. The highest BCUT2D eigenvalue weighted by molar-refractivity contribution is 5.91. The van der Waals surface area contributed by atoms with Crippen molar-refractivity contribution in [3.8, 4) is 12.1 Å². The third-order valence-electron chi connectivity index (χ3n) is 2.79. The lowest BCUT2D eigenvalue weighted by Crippen LogP contribution is -2.34. The Labute approximate surface area is 135 Å². The maximum atomic E-state index is 11.9. The zero-order valence-corrected chi connectivity index (χ0v) is 13.4. The fraction of sp³-hybridized carbons (Fsp3) is 0.400. The van der Waals surface area contributed by atoms with Crippen LogP contribution in [0.15, 0.2) is 27.9 Å². The Morgan fingerprint density at radius 1 is 1.22 bits per heavy atom. The van der Waals surface area contributed by atoms with E-state index in [0.717, 1.165) is 0 Å². The second-order valence-electron chi connectivity index (χ2n) is 4.91. The van der Waals surface area contributed by atoms with E-state index in [4.69, 9.17) is 14.9 Å². The number of nitrogens with one attached hydrogen (secondary N) is 3. The van der Waals surface area contributed by atoms with E-state index in [0.29, 0.717) is 31.2 Å². The first-order valence-corrected chi connectivity index (χ1v) is 6.99. The molecule has 0 spiro atoms. The monoisotopic (exact) mass is 316 g/mol. The molecule has 8 nitrogen and oxygen atoms in total. The van der Waals surface area contributed by atoms with Crippen LogP contribution in [0.1, 0.15) is 16.3 Å².